The molecule has 1 fully saturated rings. The standard InChI is InChI=1S/C23H32FN5O3/c1-28(2)7-8-31-19-11-17-9-16(10-20(17)21(24)12-19)13-25-4-3-18-15-29(23(30)32-18)22-14-26-5-6-27-22/h6,11-12,14,16,18,25-26H,3-5,7-10,13,15H2,1-2H3. The smallest absolute Gasteiger partial charge is 0.415 e. The molecule has 2 heterocycles. The Morgan fingerprint density at radius 3 is 3.03 bits per heavy atom. The maximum atomic E-state index is 14.5. The highest BCUT2D eigenvalue weighted by Crippen LogP contribution is 2.32. The highest BCUT2D eigenvalue weighted by molar-refractivity contribution is 5.73. The van der Waals surface area contributed by atoms with E-state index in [1.54, 1.807) is 17.3 Å². The number of likely N-dealkylation sites (N-methyl/N-ethyl adjacent to an activating group) is 1. The van der Waals surface area contributed by atoms with Crippen molar-refractivity contribution in [3.8, 4) is 5.75 Å². The van der Waals surface area contributed by atoms with Crippen molar-refractivity contribution in [2.75, 3.05) is 53.4 Å². The van der Waals surface area contributed by atoms with E-state index in [0.717, 1.165) is 50.0 Å². The van der Waals surface area contributed by atoms with E-state index in [0.29, 0.717) is 37.2 Å². The highest BCUT2D eigenvalue weighted by atomic mass is 19.1. The normalized spacial score (nSPS) is 22.1. The maximum absolute atomic E-state index is 14.5. The van der Waals surface area contributed by atoms with Crippen molar-refractivity contribution in [3.63, 3.8) is 0 Å². The molecule has 2 N–H and O–H groups in total. The van der Waals surface area contributed by atoms with E-state index in [1.165, 1.54) is 6.07 Å². The van der Waals surface area contributed by atoms with Crippen LogP contribution in [-0.2, 0) is 17.6 Å². The quantitative estimate of drug-likeness (QED) is 0.535. The monoisotopic (exact) mass is 445 g/mol. The van der Waals surface area contributed by atoms with Gasteiger partial charge in [0.2, 0.25) is 0 Å². The molecule has 0 saturated carbocycles. The van der Waals surface area contributed by atoms with E-state index in [1.807, 2.05) is 25.1 Å². The molecule has 1 aromatic carbocycles. The topological polar surface area (TPSA) is 78.4 Å². The molecule has 1 saturated heterocycles. The third kappa shape index (κ3) is 5.58. The molecule has 0 bridgehead atoms. The Morgan fingerprint density at radius 2 is 2.25 bits per heavy atom. The van der Waals surface area contributed by atoms with Crippen molar-refractivity contribution in [2.45, 2.75) is 25.4 Å². The van der Waals surface area contributed by atoms with Gasteiger partial charge >= 0.3 is 6.09 Å². The second kappa shape index (κ2) is 10.3. The number of hydrogen-bond acceptors (Lipinski definition) is 7. The zero-order valence-corrected chi connectivity index (χ0v) is 18.8. The fourth-order valence-electron chi connectivity index (χ4n) is 4.28. The molecule has 174 valence electrons. The van der Waals surface area contributed by atoms with Gasteiger partial charge in [0.1, 0.15) is 24.3 Å². The Kier molecular flexibility index (Phi) is 7.26. The van der Waals surface area contributed by atoms with Gasteiger partial charge in [-0.1, -0.05) is 0 Å². The summed E-state index contributed by atoms with van der Waals surface area (Å²) < 4.78 is 25.7. The second-order valence-corrected chi connectivity index (χ2v) is 8.80. The highest BCUT2D eigenvalue weighted by Gasteiger charge is 2.33. The Labute approximate surface area is 188 Å². The van der Waals surface area contributed by atoms with Gasteiger partial charge in [-0.05, 0) is 69.6 Å². The van der Waals surface area contributed by atoms with E-state index < -0.39 is 0 Å². The average Bonchev–Trinajstić information content (AvgIpc) is 3.35. The average molecular weight is 446 g/mol. The molecule has 2 unspecified atom stereocenters. The molecule has 0 radical (unpaired) electrons. The van der Waals surface area contributed by atoms with Gasteiger partial charge in [0.05, 0.1) is 6.54 Å². The summed E-state index contributed by atoms with van der Waals surface area (Å²) in [6.45, 7) is 4.04. The minimum atomic E-state index is -0.354. The molecular formula is C23H32FN5O3. The molecule has 8 nitrogen and oxygen atoms in total. The van der Waals surface area contributed by atoms with Crippen molar-refractivity contribution in [1.82, 2.24) is 20.4 Å². The molecule has 32 heavy (non-hydrogen) atoms. The van der Waals surface area contributed by atoms with Gasteiger partial charge in [-0.25, -0.2) is 14.2 Å². The SMILES string of the molecule is CN(C)CCOc1cc(F)c2c(c1)CC(CNCCC1CN(C3=CNCC=N3)C(=O)O1)C2. The van der Waals surface area contributed by atoms with E-state index in [4.69, 9.17) is 9.47 Å². The number of ether oxygens (including phenoxy) is 2. The number of hydrogen-bond donors (Lipinski definition) is 2. The number of cyclic esters (lactones) is 1. The zero-order valence-electron chi connectivity index (χ0n) is 18.8. The van der Waals surface area contributed by atoms with Crippen LogP contribution in [0.15, 0.2) is 29.1 Å². The second-order valence-electron chi connectivity index (χ2n) is 8.80. The van der Waals surface area contributed by atoms with Crippen LogP contribution in [0.2, 0.25) is 0 Å². The molecule has 1 amide bonds. The molecule has 1 aliphatic carbocycles. The zero-order chi connectivity index (χ0) is 22.5. The predicted octanol–water partition coefficient (Wildman–Crippen LogP) is 1.75. The third-order valence-electron chi connectivity index (χ3n) is 5.96. The number of halogens is 1. The first-order chi connectivity index (χ1) is 15.5. The number of benzene rings is 1. The van der Waals surface area contributed by atoms with E-state index in [-0.39, 0.29) is 18.0 Å². The van der Waals surface area contributed by atoms with Gasteiger partial charge in [-0.2, -0.15) is 0 Å². The molecule has 9 heteroatoms. The number of fused-ring (bicyclic) bond motifs is 1. The summed E-state index contributed by atoms with van der Waals surface area (Å²) in [6.07, 6.45) is 5.26. The Bertz CT molecular complexity index is 889. The molecule has 3 aliphatic rings. The Balaban J connectivity index is 1.19. The largest absolute Gasteiger partial charge is 0.492 e. The number of nitrogens with zero attached hydrogens (tertiary/aromatic N) is 3. The summed E-state index contributed by atoms with van der Waals surface area (Å²) >= 11 is 0. The van der Waals surface area contributed by atoms with Gasteiger partial charge < -0.3 is 25.0 Å². The number of carbonyl (C=O) groups is 1. The number of rotatable bonds is 10. The van der Waals surface area contributed by atoms with Crippen LogP contribution < -0.4 is 15.4 Å². The van der Waals surface area contributed by atoms with Crippen molar-refractivity contribution in [2.24, 2.45) is 10.9 Å². The molecule has 4 rings (SSSR count). The summed E-state index contributed by atoms with van der Waals surface area (Å²) in [5, 5.41) is 6.50. The molecule has 2 aliphatic heterocycles. The van der Waals surface area contributed by atoms with Gasteiger partial charge in [-0.15, -0.1) is 0 Å². The predicted molar refractivity (Wildman–Crippen MR) is 120 cm³/mol. The molecule has 1 aromatic rings. The minimum Gasteiger partial charge on any atom is -0.492 e. The van der Waals surface area contributed by atoms with E-state index in [2.05, 4.69) is 15.6 Å². The first kappa shape index (κ1) is 22.5. The van der Waals surface area contributed by atoms with Crippen LogP contribution in [0.5, 0.6) is 5.75 Å². The summed E-state index contributed by atoms with van der Waals surface area (Å²) in [6, 6.07) is 3.49. The van der Waals surface area contributed by atoms with Crippen LogP contribution in [0, 0.1) is 11.7 Å². The Hall–Kier alpha value is -2.65. The van der Waals surface area contributed by atoms with Crippen LogP contribution in [-0.4, -0.2) is 81.6 Å². The molecule has 0 spiro atoms. The lowest BCUT2D eigenvalue weighted by atomic mass is 10.1. The van der Waals surface area contributed by atoms with Crippen LogP contribution in [0.3, 0.4) is 0 Å². The summed E-state index contributed by atoms with van der Waals surface area (Å²) in [7, 11) is 3.97. The van der Waals surface area contributed by atoms with E-state index >= 15 is 0 Å². The first-order valence-corrected chi connectivity index (χ1v) is 11.2. The summed E-state index contributed by atoms with van der Waals surface area (Å²) in [4.78, 5) is 19.9. The lowest BCUT2D eigenvalue weighted by molar-refractivity contribution is 0.130. The van der Waals surface area contributed by atoms with Crippen LogP contribution in [0.4, 0.5) is 9.18 Å². The fraction of sp³-hybridized carbons (Fsp3) is 0.565. The fourth-order valence-corrected chi connectivity index (χ4v) is 4.28. The van der Waals surface area contributed by atoms with Gasteiger partial charge in [0, 0.05) is 31.6 Å². The summed E-state index contributed by atoms with van der Waals surface area (Å²) in [5.41, 5.74) is 1.86. The number of carbonyl (C=O) groups excluding carboxylic acids is 1. The number of amides is 1. The van der Waals surface area contributed by atoms with Crippen molar-refractivity contribution < 1.29 is 18.7 Å². The molecule has 0 aromatic heterocycles. The third-order valence-corrected chi connectivity index (χ3v) is 5.96. The van der Waals surface area contributed by atoms with Gasteiger partial charge in [0.25, 0.3) is 0 Å². The van der Waals surface area contributed by atoms with Crippen molar-refractivity contribution in [1.29, 1.82) is 0 Å². The van der Waals surface area contributed by atoms with Crippen LogP contribution in [0.1, 0.15) is 17.5 Å². The maximum Gasteiger partial charge on any atom is 0.415 e. The lowest BCUT2D eigenvalue weighted by Crippen LogP contribution is -2.29. The lowest BCUT2D eigenvalue weighted by Gasteiger charge is -2.16. The summed E-state index contributed by atoms with van der Waals surface area (Å²) in [5.74, 6) is 1.38. The molecule has 2 atom stereocenters. The Morgan fingerprint density at radius 1 is 1.38 bits per heavy atom. The minimum absolute atomic E-state index is 0.159. The number of nitrogens with one attached hydrogen (secondary N) is 2. The van der Waals surface area contributed by atoms with Crippen molar-refractivity contribution in [3.05, 3.63) is 41.1 Å². The van der Waals surface area contributed by atoms with Gasteiger partial charge in [0.15, 0.2) is 5.82 Å². The molecular weight excluding hydrogens is 413 g/mol. The number of aliphatic imine (C=N–C) groups is 1. The van der Waals surface area contributed by atoms with Gasteiger partial charge in [-0.3, -0.25) is 4.90 Å². The van der Waals surface area contributed by atoms with Crippen LogP contribution >= 0.6 is 0 Å². The van der Waals surface area contributed by atoms with Crippen molar-refractivity contribution >= 4 is 12.3 Å². The van der Waals surface area contributed by atoms with E-state index in [9.17, 15) is 9.18 Å². The first-order valence-electron chi connectivity index (χ1n) is 11.2. The van der Waals surface area contributed by atoms with Crippen LogP contribution in [0.25, 0.3) is 0 Å².